The van der Waals surface area contributed by atoms with Gasteiger partial charge in [0.05, 0.1) is 6.10 Å². The van der Waals surface area contributed by atoms with Gasteiger partial charge in [-0.05, 0) is 18.6 Å². The highest BCUT2D eigenvalue weighted by atomic mass is 79.9. The highest BCUT2D eigenvalue weighted by Crippen LogP contribution is 2.26. The van der Waals surface area contributed by atoms with Crippen molar-refractivity contribution in [2.45, 2.75) is 25.6 Å². The van der Waals surface area contributed by atoms with E-state index in [0.717, 1.165) is 11.3 Å². The zero-order valence-corrected chi connectivity index (χ0v) is 9.81. The predicted molar refractivity (Wildman–Crippen MR) is 58.5 cm³/mol. The average Bonchev–Trinajstić information content (AvgIpc) is 2.63. The fourth-order valence-corrected chi connectivity index (χ4v) is 2.37. The molecule has 0 radical (unpaired) electrons. The molecule has 0 amide bonds. The first-order valence-corrected chi connectivity index (χ1v) is 6.13. The SMILES string of the molecule is CCc1ccc(C(O)C(O)CBr)s1. The maximum Gasteiger partial charge on any atom is 0.115 e. The van der Waals surface area contributed by atoms with E-state index in [1.54, 1.807) is 11.3 Å². The molecule has 0 bridgehead atoms. The molecule has 1 rings (SSSR count). The molecule has 13 heavy (non-hydrogen) atoms. The van der Waals surface area contributed by atoms with Crippen LogP contribution in [0.15, 0.2) is 12.1 Å². The van der Waals surface area contributed by atoms with E-state index < -0.39 is 12.2 Å². The largest absolute Gasteiger partial charge is 0.389 e. The van der Waals surface area contributed by atoms with Gasteiger partial charge in [-0.1, -0.05) is 22.9 Å². The molecule has 0 aliphatic rings. The van der Waals surface area contributed by atoms with Crippen molar-refractivity contribution >= 4 is 27.3 Å². The lowest BCUT2D eigenvalue weighted by molar-refractivity contribution is 0.0366. The van der Waals surface area contributed by atoms with Gasteiger partial charge in [-0.15, -0.1) is 11.3 Å². The zero-order chi connectivity index (χ0) is 9.84. The average molecular weight is 265 g/mol. The van der Waals surface area contributed by atoms with Crippen LogP contribution in [0, 0.1) is 0 Å². The summed E-state index contributed by atoms with van der Waals surface area (Å²) in [5, 5.41) is 19.4. The Balaban J connectivity index is 2.70. The Bertz CT molecular complexity index is 262. The second kappa shape index (κ2) is 5.10. The van der Waals surface area contributed by atoms with Gasteiger partial charge in [-0.2, -0.15) is 0 Å². The van der Waals surface area contributed by atoms with Gasteiger partial charge in [-0.25, -0.2) is 0 Å². The van der Waals surface area contributed by atoms with Crippen LogP contribution in [0.4, 0.5) is 0 Å². The third-order valence-corrected chi connectivity index (χ3v) is 3.81. The van der Waals surface area contributed by atoms with Crippen LogP contribution in [0.1, 0.15) is 22.8 Å². The van der Waals surface area contributed by atoms with Gasteiger partial charge >= 0.3 is 0 Å². The molecule has 2 N–H and O–H groups in total. The molecule has 0 aromatic carbocycles. The zero-order valence-electron chi connectivity index (χ0n) is 7.40. The van der Waals surface area contributed by atoms with Crippen LogP contribution in [-0.4, -0.2) is 21.6 Å². The van der Waals surface area contributed by atoms with Gasteiger partial charge in [-0.3, -0.25) is 0 Å². The molecular formula is C9H13BrO2S. The van der Waals surface area contributed by atoms with Crippen molar-refractivity contribution in [3.63, 3.8) is 0 Å². The minimum absolute atomic E-state index is 0.396. The van der Waals surface area contributed by atoms with Gasteiger partial charge in [0.15, 0.2) is 0 Å². The minimum Gasteiger partial charge on any atom is -0.389 e. The Morgan fingerprint density at radius 3 is 2.62 bits per heavy atom. The van der Waals surface area contributed by atoms with E-state index in [0.29, 0.717) is 5.33 Å². The van der Waals surface area contributed by atoms with E-state index in [4.69, 9.17) is 0 Å². The van der Waals surface area contributed by atoms with Crippen LogP contribution >= 0.6 is 27.3 Å². The molecule has 2 unspecified atom stereocenters. The number of halogens is 1. The van der Waals surface area contributed by atoms with Crippen molar-refractivity contribution in [2.24, 2.45) is 0 Å². The van der Waals surface area contributed by atoms with E-state index in [-0.39, 0.29) is 0 Å². The van der Waals surface area contributed by atoms with E-state index in [1.807, 2.05) is 12.1 Å². The van der Waals surface area contributed by atoms with E-state index in [1.165, 1.54) is 4.88 Å². The molecule has 2 atom stereocenters. The number of aliphatic hydroxyl groups is 2. The van der Waals surface area contributed by atoms with E-state index in [2.05, 4.69) is 22.9 Å². The van der Waals surface area contributed by atoms with Gasteiger partial charge in [0.1, 0.15) is 6.10 Å². The van der Waals surface area contributed by atoms with Crippen molar-refractivity contribution in [3.05, 3.63) is 21.9 Å². The molecule has 1 aromatic rings. The number of aryl methyl sites for hydroxylation is 1. The molecule has 1 aromatic heterocycles. The quantitative estimate of drug-likeness (QED) is 0.818. The summed E-state index contributed by atoms with van der Waals surface area (Å²) in [5.74, 6) is 0. The summed E-state index contributed by atoms with van der Waals surface area (Å²) in [5.41, 5.74) is 0. The topological polar surface area (TPSA) is 40.5 Å². The number of alkyl halides is 1. The molecule has 1 heterocycles. The van der Waals surface area contributed by atoms with Gasteiger partial charge in [0.2, 0.25) is 0 Å². The van der Waals surface area contributed by atoms with E-state index >= 15 is 0 Å². The van der Waals surface area contributed by atoms with Crippen molar-refractivity contribution in [2.75, 3.05) is 5.33 Å². The summed E-state index contributed by atoms with van der Waals surface area (Å²) >= 11 is 4.69. The molecule has 0 spiro atoms. The third-order valence-electron chi connectivity index (χ3n) is 1.84. The second-order valence-corrected chi connectivity index (χ2v) is 4.67. The number of hydrogen-bond acceptors (Lipinski definition) is 3. The number of aliphatic hydroxyl groups excluding tert-OH is 2. The lowest BCUT2D eigenvalue weighted by Crippen LogP contribution is -2.18. The number of rotatable bonds is 4. The lowest BCUT2D eigenvalue weighted by Gasteiger charge is -2.13. The summed E-state index contributed by atoms with van der Waals surface area (Å²) < 4.78 is 0. The normalized spacial score (nSPS) is 15.7. The smallest absolute Gasteiger partial charge is 0.115 e. The monoisotopic (exact) mass is 264 g/mol. The summed E-state index contributed by atoms with van der Waals surface area (Å²) in [6.45, 7) is 2.07. The molecule has 0 fully saturated rings. The molecule has 2 nitrogen and oxygen atoms in total. The maximum atomic E-state index is 9.63. The molecule has 0 aliphatic carbocycles. The van der Waals surface area contributed by atoms with Gasteiger partial charge < -0.3 is 10.2 Å². The number of thiophene rings is 1. The van der Waals surface area contributed by atoms with Crippen LogP contribution in [-0.2, 0) is 6.42 Å². The summed E-state index contributed by atoms with van der Waals surface area (Å²) in [7, 11) is 0. The highest BCUT2D eigenvalue weighted by molar-refractivity contribution is 9.09. The Labute approximate surface area is 90.4 Å². The first kappa shape index (κ1) is 11.2. The van der Waals surface area contributed by atoms with Crippen LogP contribution < -0.4 is 0 Å². The second-order valence-electron chi connectivity index (χ2n) is 2.82. The lowest BCUT2D eigenvalue weighted by atomic mass is 10.2. The summed E-state index contributed by atoms with van der Waals surface area (Å²) in [4.78, 5) is 2.07. The standard InChI is InChI=1S/C9H13BrO2S/c1-2-6-3-4-8(13-6)9(12)7(11)5-10/h3-4,7,9,11-12H,2,5H2,1H3. The van der Waals surface area contributed by atoms with Gasteiger partial charge in [0.25, 0.3) is 0 Å². The van der Waals surface area contributed by atoms with Gasteiger partial charge in [0, 0.05) is 15.1 Å². The molecular weight excluding hydrogens is 252 g/mol. The maximum absolute atomic E-state index is 9.63. The summed E-state index contributed by atoms with van der Waals surface area (Å²) in [6, 6.07) is 3.87. The highest BCUT2D eigenvalue weighted by Gasteiger charge is 2.18. The third kappa shape index (κ3) is 2.77. The molecule has 0 saturated carbocycles. The molecule has 0 saturated heterocycles. The predicted octanol–water partition coefficient (Wildman–Crippen LogP) is 2.10. The Morgan fingerprint density at radius 1 is 1.46 bits per heavy atom. The molecule has 0 aliphatic heterocycles. The fraction of sp³-hybridized carbons (Fsp3) is 0.556. The van der Waals surface area contributed by atoms with E-state index in [9.17, 15) is 10.2 Å². The van der Waals surface area contributed by atoms with Crippen LogP contribution in [0.25, 0.3) is 0 Å². The van der Waals surface area contributed by atoms with Crippen molar-refractivity contribution in [3.8, 4) is 0 Å². The van der Waals surface area contributed by atoms with Crippen LogP contribution in [0.3, 0.4) is 0 Å². The fourth-order valence-electron chi connectivity index (χ4n) is 1.02. The molecule has 74 valence electrons. The minimum atomic E-state index is -0.760. The Hall–Kier alpha value is 0.1000. The Morgan fingerprint density at radius 2 is 2.15 bits per heavy atom. The van der Waals surface area contributed by atoms with Crippen molar-refractivity contribution in [1.29, 1.82) is 0 Å². The summed E-state index contributed by atoms with van der Waals surface area (Å²) in [6.07, 6.45) is -0.505. The van der Waals surface area contributed by atoms with Crippen LogP contribution in [0.5, 0.6) is 0 Å². The van der Waals surface area contributed by atoms with Crippen molar-refractivity contribution < 1.29 is 10.2 Å². The first-order valence-electron chi connectivity index (χ1n) is 4.19. The van der Waals surface area contributed by atoms with Crippen LogP contribution in [0.2, 0.25) is 0 Å². The van der Waals surface area contributed by atoms with Crippen molar-refractivity contribution in [1.82, 2.24) is 0 Å². The number of hydrogen-bond donors (Lipinski definition) is 2. The first-order chi connectivity index (χ1) is 6.19. The Kier molecular flexibility index (Phi) is 4.38. The molecule has 4 heteroatoms.